The fraction of sp³-hybridized carbons (Fsp3) is 0. The Balaban J connectivity index is 0. The zero-order valence-electron chi connectivity index (χ0n) is 2.83. The van der Waals surface area contributed by atoms with Crippen LogP contribution >= 0.6 is 0 Å². The number of hydrogen-bond donors (Lipinski definition) is 0. The van der Waals surface area contributed by atoms with E-state index in [1.165, 1.54) is 0 Å². The van der Waals surface area contributed by atoms with Crippen LogP contribution in [0.2, 0.25) is 0 Å². The Morgan fingerprint density at radius 1 is 1.00 bits per heavy atom. The van der Waals surface area contributed by atoms with Gasteiger partial charge in [-0.05, 0) is 0 Å². The van der Waals surface area contributed by atoms with E-state index in [4.69, 9.17) is 0 Å². The van der Waals surface area contributed by atoms with Gasteiger partial charge in [0, 0.05) is 27.7 Å². The van der Waals surface area contributed by atoms with Gasteiger partial charge in [0.2, 0.25) is 0 Å². The summed E-state index contributed by atoms with van der Waals surface area (Å²) in [5.41, 5.74) is 0. The minimum atomic E-state index is 0. The van der Waals surface area contributed by atoms with Crippen molar-refractivity contribution in [3.8, 4) is 0 Å². The van der Waals surface area contributed by atoms with Crippen LogP contribution in [0.1, 0.15) is 0 Å². The summed E-state index contributed by atoms with van der Waals surface area (Å²) >= 11 is 0. The summed E-state index contributed by atoms with van der Waals surface area (Å²) in [5, 5.41) is 0. The Hall–Kier alpha value is 3.23. The standard InChI is InChI=1S/AsH3.Hg.Pb.Sb.5H/h1H3;;;;;;;;. The molecule has 0 aliphatic rings. The fourth-order valence-corrected chi connectivity index (χ4v) is 0. The molecule has 0 rings (SSSR count). The summed E-state index contributed by atoms with van der Waals surface area (Å²) in [5.74, 6) is 0. The summed E-state index contributed by atoms with van der Waals surface area (Å²) in [6.07, 6.45) is 0. The Bertz CT molecular complexity index is 8.00. The van der Waals surface area contributed by atoms with Gasteiger partial charge in [0.25, 0.3) is 0 Å². The summed E-state index contributed by atoms with van der Waals surface area (Å²) in [6.45, 7) is 0. The minimum absolute atomic E-state index is 0. The topological polar surface area (TPSA) is 0 Å². The van der Waals surface area contributed by atoms with Crippen molar-refractivity contribution in [3.63, 3.8) is 0 Å². The maximum absolute atomic E-state index is 0. The first-order valence-corrected chi connectivity index (χ1v) is 0. The zero-order valence-corrected chi connectivity index (χ0v) is 20.8. The third-order valence-electron chi connectivity index (χ3n) is 0. The molecular formula is H8AsHgPbSb. The average Bonchev–Trinajstić information content (AvgIpc) is 0. The molecule has 0 aromatic heterocycles. The average molecular weight is 613 g/mol. The van der Waals surface area contributed by atoms with Crippen LogP contribution in [0, 0.1) is 0 Å². The van der Waals surface area contributed by atoms with Crippen LogP contribution in [0.5, 0.6) is 0 Å². The second-order valence-electron chi connectivity index (χ2n) is 0. The molecule has 0 aliphatic heterocycles. The van der Waals surface area contributed by atoms with E-state index in [0.717, 1.165) is 0 Å². The maximum atomic E-state index is 0. The molecule has 24 valence electrons. The van der Waals surface area contributed by atoms with Gasteiger partial charge in [-0.2, -0.15) is 0 Å². The second kappa shape index (κ2) is 16.3. The van der Waals surface area contributed by atoms with Crippen molar-refractivity contribution >= 4 is 69.7 Å². The Labute approximate surface area is 95.3 Å². The molecule has 0 aliphatic carbocycles. The van der Waals surface area contributed by atoms with Gasteiger partial charge in [-0.25, -0.2) is 0 Å². The Kier molecular flexibility index (Phi) is 110. The monoisotopic (exact) mass is 614 g/mol. The van der Waals surface area contributed by atoms with Crippen LogP contribution in [0.25, 0.3) is 0 Å². The number of rotatable bonds is 0. The predicted octanol–water partition coefficient (Wildman–Crippen LogP) is -3.29. The Morgan fingerprint density at radius 2 is 1.00 bits per heavy atom. The van der Waals surface area contributed by atoms with E-state index in [1.807, 2.05) is 0 Å². The quantitative estimate of drug-likeness (QED) is 0.252. The fourth-order valence-electron chi connectivity index (χ4n) is 0. The molecule has 0 N–H and O–H groups in total. The van der Waals surface area contributed by atoms with Gasteiger partial charge in [0.05, 0.1) is 0 Å². The molecule has 0 saturated carbocycles. The molecular weight excluding hydrogens is 604 g/mol. The van der Waals surface area contributed by atoms with Gasteiger partial charge >= 0.3 is 69.7 Å². The first-order chi connectivity index (χ1) is 0. The molecule has 0 bridgehead atoms. The third kappa shape index (κ3) is 8.97. The summed E-state index contributed by atoms with van der Waals surface area (Å²) < 4.78 is 0. The van der Waals surface area contributed by atoms with Crippen molar-refractivity contribution < 1.29 is 27.7 Å². The van der Waals surface area contributed by atoms with Crippen LogP contribution in [0.15, 0.2) is 0 Å². The van der Waals surface area contributed by atoms with Gasteiger partial charge in [-0.3, -0.25) is 0 Å². The van der Waals surface area contributed by atoms with E-state index in [9.17, 15) is 0 Å². The molecule has 0 aromatic rings. The van der Waals surface area contributed by atoms with Gasteiger partial charge in [-0.1, -0.05) is 0 Å². The van der Waals surface area contributed by atoms with Gasteiger partial charge in [-0.15, -0.1) is 0 Å². The molecule has 0 spiro atoms. The molecule has 2 radical (unpaired) electrons. The van der Waals surface area contributed by atoms with E-state index in [0.29, 0.717) is 0 Å². The van der Waals surface area contributed by atoms with Gasteiger partial charge < -0.3 is 0 Å². The SMILES string of the molecule is [AsH3].[Hg].[PbH2].[SbH3]. The molecule has 0 heterocycles. The van der Waals surface area contributed by atoms with E-state index in [-0.39, 0.29) is 97.3 Å². The molecule has 0 nitrogen and oxygen atoms in total. The van der Waals surface area contributed by atoms with Crippen LogP contribution in [-0.4, -0.2) is 69.7 Å². The Morgan fingerprint density at radius 3 is 1.00 bits per heavy atom. The van der Waals surface area contributed by atoms with Crippen molar-refractivity contribution in [2.75, 3.05) is 0 Å². The molecule has 0 fully saturated rings. The summed E-state index contributed by atoms with van der Waals surface area (Å²) in [4.78, 5) is 0. The second-order valence-corrected chi connectivity index (χ2v) is 0. The predicted molar refractivity (Wildman–Crippen MR) is 28.4 cm³/mol. The molecule has 4 heavy (non-hydrogen) atoms. The van der Waals surface area contributed by atoms with Gasteiger partial charge in [0.15, 0.2) is 0 Å². The summed E-state index contributed by atoms with van der Waals surface area (Å²) in [7, 11) is 0. The van der Waals surface area contributed by atoms with Crippen LogP contribution in [0.4, 0.5) is 0 Å². The van der Waals surface area contributed by atoms with E-state index in [1.54, 1.807) is 0 Å². The molecule has 0 saturated heterocycles. The molecule has 1 atom stereocenters. The first kappa shape index (κ1) is 26.9. The molecule has 0 amide bonds. The normalized spacial score (nSPS) is 0. The van der Waals surface area contributed by atoms with Crippen molar-refractivity contribution in [1.29, 1.82) is 0 Å². The molecule has 0 aromatic carbocycles. The summed E-state index contributed by atoms with van der Waals surface area (Å²) in [6, 6.07) is 0. The van der Waals surface area contributed by atoms with Crippen LogP contribution < -0.4 is 0 Å². The van der Waals surface area contributed by atoms with Gasteiger partial charge in [0.1, 0.15) is 0 Å². The van der Waals surface area contributed by atoms with Crippen molar-refractivity contribution in [1.82, 2.24) is 0 Å². The van der Waals surface area contributed by atoms with E-state index < -0.39 is 0 Å². The zero-order chi connectivity index (χ0) is 0. The van der Waals surface area contributed by atoms with Crippen molar-refractivity contribution in [2.24, 2.45) is 0 Å². The van der Waals surface area contributed by atoms with Crippen LogP contribution in [0.3, 0.4) is 0 Å². The van der Waals surface area contributed by atoms with E-state index in [2.05, 4.69) is 0 Å². The van der Waals surface area contributed by atoms with Crippen molar-refractivity contribution in [3.05, 3.63) is 0 Å². The molecule has 4 heteroatoms. The first-order valence-electron chi connectivity index (χ1n) is 0. The number of hydrogen-bond acceptors (Lipinski definition) is 0. The molecule has 1 unspecified atom stereocenters. The van der Waals surface area contributed by atoms with E-state index >= 15 is 0 Å². The third-order valence-corrected chi connectivity index (χ3v) is 0. The van der Waals surface area contributed by atoms with Crippen molar-refractivity contribution in [2.45, 2.75) is 0 Å². The van der Waals surface area contributed by atoms with Crippen LogP contribution in [-0.2, 0) is 27.7 Å².